The number of unbranched alkanes of at least 4 members (excludes halogenated alkanes) is 19. The molecule has 0 aromatic heterocycles. The molecule has 0 aromatic rings. The van der Waals surface area contributed by atoms with Gasteiger partial charge < -0.3 is 19.4 Å². The number of quaternary nitrogens is 1. The number of allylic oxidation sites excluding steroid dienone is 23. The normalized spacial score (nSPS) is 14.7. The van der Waals surface area contributed by atoms with E-state index in [2.05, 4.69) is 99.0 Å². The lowest BCUT2D eigenvalue weighted by molar-refractivity contribution is -0.870. The summed E-state index contributed by atoms with van der Waals surface area (Å²) in [5.74, 6) is -0.583. The van der Waals surface area contributed by atoms with Crippen molar-refractivity contribution in [2.45, 2.75) is 226 Å². The fourth-order valence-electron chi connectivity index (χ4n) is 7.82. The summed E-state index contributed by atoms with van der Waals surface area (Å²) in [7, 11) is 1.43. The van der Waals surface area contributed by atoms with E-state index < -0.39 is 20.0 Å². The van der Waals surface area contributed by atoms with E-state index in [4.69, 9.17) is 13.8 Å². The highest BCUT2D eigenvalue weighted by Crippen LogP contribution is 2.43. The van der Waals surface area contributed by atoms with E-state index in [9.17, 15) is 19.0 Å². The number of hydrogen-bond donors (Lipinski definition) is 2. The van der Waals surface area contributed by atoms with Gasteiger partial charge in [0.25, 0.3) is 0 Å². The summed E-state index contributed by atoms with van der Waals surface area (Å²) < 4.78 is 30.6. The average Bonchev–Trinajstić information content (AvgIpc) is 3.39. The van der Waals surface area contributed by atoms with E-state index in [1.807, 2.05) is 94.1 Å². The van der Waals surface area contributed by atoms with Crippen LogP contribution in [0.1, 0.15) is 213 Å². The molecule has 436 valence electrons. The number of esters is 1. The molecule has 10 heteroatoms. The van der Waals surface area contributed by atoms with Gasteiger partial charge in [-0.2, -0.15) is 0 Å². The van der Waals surface area contributed by atoms with Gasteiger partial charge in [-0.15, -0.1) is 0 Å². The molecule has 0 aliphatic rings. The lowest BCUT2D eigenvalue weighted by atomic mass is 10.1. The number of nitrogens with zero attached hydrogens (tertiary/aromatic N) is 1. The number of nitrogens with one attached hydrogen (secondary N) is 1. The zero-order chi connectivity index (χ0) is 56.4. The average molecular weight is 1090 g/mol. The third-order valence-electron chi connectivity index (χ3n) is 12.4. The maximum Gasteiger partial charge on any atom is 0.472 e. The number of ether oxygens (including phenoxy) is 1. The van der Waals surface area contributed by atoms with Crippen molar-refractivity contribution < 1.29 is 37.3 Å². The zero-order valence-corrected chi connectivity index (χ0v) is 50.5. The molecule has 1 amide bonds. The molecule has 3 unspecified atom stereocenters. The molecule has 0 rings (SSSR count). The van der Waals surface area contributed by atoms with Crippen LogP contribution in [0.3, 0.4) is 0 Å². The Morgan fingerprint density at radius 1 is 0.481 bits per heavy atom. The first-order valence-corrected chi connectivity index (χ1v) is 31.7. The summed E-state index contributed by atoms with van der Waals surface area (Å²) in [6.45, 7) is 6.67. The van der Waals surface area contributed by atoms with Gasteiger partial charge in [0.15, 0.2) is 0 Å². The highest BCUT2D eigenvalue weighted by atomic mass is 31.2. The second-order valence-corrected chi connectivity index (χ2v) is 22.4. The van der Waals surface area contributed by atoms with Crippen LogP contribution in [0.2, 0.25) is 0 Å². The van der Waals surface area contributed by atoms with Gasteiger partial charge in [0.05, 0.1) is 33.8 Å². The molecule has 0 aliphatic carbocycles. The predicted octanol–water partition coefficient (Wildman–Crippen LogP) is 18.7. The minimum Gasteiger partial charge on any atom is -0.456 e. The van der Waals surface area contributed by atoms with Crippen LogP contribution in [0.4, 0.5) is 0 Å². The van der Waals surface area contributed by atoms with E-state index in [-0.39, 0.29) is 37.9 Å². The van der Waals surface area contributed by atoms with Crippen molar-refractivity contribution >= 4 is 19.7 Å². The van der Waals surface area contributed by atoms with Gasteiger partial charge in [-0.3, -0.25) is 18.6 Å². The highest BCUT2D eigenvalue weighted by Gasteiger charge is 2.30. The minimum absolute atomic E-state index is 0.0201. The topological polar surface area (TPSA) is 111 Å². The van der Waals surface area contributed by atoms with Crippen LogP contribution >= 0.6 is 7.82 Å². The molecule has 3 atom stereocenters. The summed E-state index contributed by atoms with van der Waals surface area (Å²) in [5.41, 5.74) is 0. The van der Waals surface area contributed by atoms with Gasteiger partial charge in [0.2, 0.25) is 5.91 Å². The van der Waals surface area contributed by atoms with Crippen molar-refractivity contribution in [1.29, 1.82) is 0 Å². The Bertz CT molecular complexity index is 1830. The van der Waals surface area contributed by atoms with Crippen molar-refractivity contribution in [3.05, 3.63) is 146 Å². The third kappa shape index (κ3) is 56.4. The van der Waals surface area contributed by atoms with Gasteiger partial charge in [-0.25, -0.2) is 4.57 Å². The first-order valence-electron chi connectivity index (χ1n) is 30.2. The summed E-state index contributed by atoms with van der Waals surface area (Å²) >= 11 is 0. The molecule has 77 heavy (non-hydrogen) atoms. The van der Waals surface area contributed by atoms with Crippen LogP contribution < -0.4 is 5.32 Å². The van der Waals surface area contributed by atoms with Crippen LogP contribution in [-0.4, -0.2) is 74.3 Å². The molecule has 0 aliphatic heterocycles. The SMILES string of the molecule is CC\C=C/C=C/C=C/C=C\C=C\C=C\CCCCCC(=O)NC(COP(=O)(O)OCC[N+](C)(C)C)C(/C=C\CCCCCCCCCCC)OC(=O)CCCCCCCCC/C=C\C/C=C\C/C=C\C/C=C\C/C=C\CC. The second-order valence-electron chi connectivity index (χ2n) is 20.9. The Kier molecular flexibility index (Phi) is 52.3. The number of rotatable bonds is 52. The van der Waals surface area contributed by atoms with Crippen LogP contribution in [0.25, 0.3) is 0 Å². The highest BCUT2D eigenvalue weighted by molar-refractivity contribution is 7.47. The molecule has 0 saturated carbocycles. The molecule has 2 N–H and O–H groups in total. The lowest BCUT2D eigenvalue weighted by Crippen LogP contribution is -2.47. The van der Waals surface area contributed by atoms with E-state index in [0.717, 1.165) is 103 Å². The van der Waals surface area contributed by atoms with Crippen molar-refractivity contribution in [1.82, 2.24) is 5.32 Å². The molecule has 0 aromatic carbocycles. The quantitative estimate of drug-likeness (QED) is 0.0156. The molecule has 0 heterocycles. The molecule has 0 saturated heterocycles. The first-order chi connectivity index (χ1) is 37.4. The molecule has 9 nitrogen and oxygen atoms in total. The first kappa shape index (κ1) is 72.9. The van der Waals surface area contributed by atoms with Crippen molar-refractivity contribution in [3.8, 4) is 0 Å². The van der Waals surface area contributed by atoms with Crippen LogP contribution in [-0.2, 0) is 27.9 Å². The fraction of sp³-hybridized carbons (Fsp3) is 0.612. The molecule has 0 radical (unpaired) electrons. The smallest absolute Gasteiger partial charge is 0.456 e. The van der Waals surface area contributed by atoms with E-state index in [1.54, 1.807) is 0 Å². The molecule has 0 fully saturated rings. The summed E-state index contributed by atoms with van der Waals surface area (Å²) in [6.07, 6.45) is 79.9. The summed E-state index contributed by atoms with van der Waals surface area (Å²) in [4.78, 5) is 37.7. The minimum atomic E-state index is -4.47. The van der Waals surface area contributed by atoms with Crippen LogP contribution in [0, 0.1) is 0 Å². The largest absolute Gasteiger partial charge is 0.472 e. The number of likely N-dealkylation sites (N-methyl/N-ethyl adjacent to an activating group) is 1. The van der Waals surface area contributed by atoms with Crippen LogP contribution in [0.5, 0.6) is 0 Å². The van der Waals surface area contributed by atoms with Gasteiger partial charge in [-0.1, -0.05) is 250 Å². The molecule has 0 spiro atoms. The number of carbonyl (C=O) groups is 2. The van der Waals surface area contributed by atoms with Gasteiger partial charge in [0.1, 0.15) is 19.3 Å². The Morgan fingerprint density at radius 3 is 1.42 bits per heavy atom. The molecule has 0 bridgehead atoms. The van der Waals surface area contributed by atoms with Crippen molar-refractivity contribution in [3.63, 3.8) is 0 Å². The Labute approximate surface area is 472 Å². The third-order valence-corrected chi connectivity index (χ3v) is 13.4. The number of phosphoric acid groups is 1. The Hall–Kier alpha value is -4.11. The van der Waals surface area contributed by atoms with Gasteiger partial charge in [0, 0.05) is 12.8 Å². The van der Waals surface area contributed by atoms with Gasteiger partial charge >= 0.3 is 13.8 Å². The number of amides is 1. The number of hydrogen-bond acceptors (Lipinski definition) is 6. The zero-order valence-electron chi connectivity index (χ0n) is 49.6. The van der Waals surface area contributed by atoms with E-state index in [1.165, 1.54) is 64.2 Å². The predicted molar refractivity (Wildman–Crippen MR) is 332 cm³/mol. The summed E-state index contributed by atoms with van der Waals surface area (Å²) in [5, 5.41) is 3.02. The van der Waals surface area contributed by atoms with E-state index in [0.29, 0.717) is 23.9 Å². The number of phosphoric ester groups is 1. The maximum atomic E-state index is 13.5. The Balaban J connectivity index is 5.33. The molecular formula is C67H112N2O7P+. The van der Waals surface area contributed by atoms with Crippen LogP contribution in [0.15, 0.2) is 146 Å². The monoisotopic (exact) mass is 1090 g/mol. The molecular weight excluding hydrogens is 976 g/mol. The maximum absolute atomic E-state index is 13.5. The van der Waals surface area contributed by atoms with Crippen molar-refractivity contribution in [2.75, 3.05) is 40.9 Å². The number of carbonyl (C=O) groups excluding carboxylic acids is 2. The fourth-order valence-corrected chi connectivity index (χ4v) is 8.56. The Morgan fingerprint density at radius 2 is 0.896 bits per heavy atom. The standard InChI is InChI=1S/C67H111N2O7P/c1-7-10-13-16-19-22-25-27-29-31-32-33-34-35-36-38-40-42-45-48-51-54-57-60-67(71)76-65(58-55-52-49-46-43-24-21-18-15-12-9-3)64(63-75-77(72,73)74-62-61-69(4,5)6)68-66(70)59-56-53-50-47-44-41-39-37-30-28-26-23-20-17-14-11-8-2/h10-11,13-14,17,19-20,22-23,26-30,32-33,35-37,39,41,44,55,58,64-65H,7-9,12,15-16,18,21,24-25,31,34,38,40,42-43,45-54,56-57,59-63H2,1-6H3,(H-,68,70,72,73)/p+1/b13-10-,14-11-,20-17+,22-19-,26-23+,29-27-,30-28-,33-32-,36-35-,39-37+,44-41+,58-55-. The summed E-state index contributed by atoms with van der Waals surface area (Å²) in [6, 6.07) is -0.887. The van der Waals surface area contributed by atoms with Gasteiger partial charge in [-0.05, 0) is 96.0 Å². The van der Waals surface area contributed by atoms with E-state index >= 15 is 0 Å². The van der Waals surface area contributed by atoms with Crippen molar-refractivity contribution in [2.24, 2.45) is 0 Å². The lowest BCUT2D eigenvalue weighted by Gasteiger charge is -2.27. The second kappa shape index (κ2) is 55.2.